The third-order valence-corrected chi connectivity index (χ3v) is 3.72. The minimum absolute atomic E-state index is 0.316. The molecule has 0 unspecified atom stereocenters. The van der Waals surface area contributed by atoms with E-state index in [1.165, 1.54) is 25.7 Å². The van der Waals surface area contributed by atoms with Crippen LogP contribution in [0.4, 0.5) is 11.9 Å². The highest BCUT2D eigenvalue weighted by Gasteiger charge is 2.18. The standard InChI is InChI=1S/C13H24N6O/c1-14-11-16-12(18-13(17-11)20-3)15-8-9-19(2)10-6-4-5-7-10/h10H,4-9H2,1-3H3,(H2,14,15,16,17,18). The summed E-state index contributed by atoms with van der Waals surface area (Å²) in [7, 11) is 5.50. The van der Waals surface area contributed by atoms with Crippen LogP contribution in [0, 0.1) is 0 Å². The predicted molar refractivity (Wildman–Crippen MR) is 79.3 cm³/mol. The van der Waals surface area contributed by atoms with Crippen LogP contribution in [0.5, 0.6) is 6.01 Å². The van der Waals surface area contributed by atoms with E-state index in [-0.39, 0.29) is 0 Å². The molecule has 0 aliphatic heterocycles. The Hall–Kier alpha value is -1.63. The van der Waals surface area contributed by atoms with E-state index in [4.69, 9.17) is 4.74 Å². The van der Waals surface area contributed by atoms with Crippen molar-refractivity contribution >= 4 is 11.9 Å². The maximum Gasteiger partial charge on any atom is 0.322 e. The summed E-state index contributed by atoms with van der Waals surface area (Å²) in [6.45, 7) is 1.79. The van der Waals surface area contributed by atoms with Crippen LogP contribution in [0.1, 0.15) is 25.7 Å². The van der Waals surface area contributed by atoms with Crippen LogP contribution in [0.25, 0.3) is 0 Å². The predicted octanol–water partition coefficient (Wildman–Crippen LogP) is 1.21. The molecule has 1 fully saturated rings. The van der Waals surface area contributed by atoms with Gasteiger partial charge < -0.3 is 20.3 Å². The Balaban J connectivity index is 1.83. The molecule has 0 aromatic carbocycles. The van der Waals surface area contributed by atoms with Gasteiger partial charge in [-0.15, -0.1) is 0 Å². The third-order valence-electron chi connectivity index (χ3n) is 3.72. The van der Waals surface area contributed by atoms with E-state index in [2.05, 4.69) is 37.5 Å². The fraction of sp³-hybridized carbons (Fsp3) is 0.769. The van der Waals surface area contributed by atoms with Crippen LogP contribution in [0.3, 0.4) is 0 Å². The van der Waals surface area contributed by atoms with E-state index in [0.717, 1.165) is 19.1 Å². The number of likely N-dealkylation sites (N-methyl/N-ethyl adjacent to an activating group) is 1. The van der Waals surface area contributed by atoms with Gasteiger partial charge in [-0.05, 0) is 19.9 Å². The van der Waals surface area contributed by atoms with Crippen molar-refractivity contribution in [2.24, 2.45) is 0 Å². The van der Waals surface area contributed by atoms with Crippen LogP contribution < -0.4 is 15.4 Å². The number of anilines is 2. The van der Waals surface area contributed by atoms with Gasteiger partial charge in [-0.3, -0.25) is 0 Å². The Kier molecular flexibility index (Phi) is 5.34. The number of rotatable bonds is 7. The van der Waals surface area contributed by atoms with Crippen LogP contribution >= 0.6 is 0 Å². The van der Waals surface area contributed by atoms with Gasteiger partial charge in [-0.1, -0.05) is 12.8 Å². The van der Waals surface area contributed by atoms with Crippen molar-refractivity contribution in [1.29, 1.82) is 0 Å². The number of nitrogens with zero attached hydrogens (tertiary/aromatic N) is 4. The van der Waals surface area contributed by atoms with Crippen molar-refractivity contribution in [2.45, 2.75) is 31.7 Å². The molecule has 0 radical (unpaired) electrons. The van der Waals surface area contributed by atoms with Crippen molar-refractivity contribution in [3.05, 3.63) is 0 Å². The minimum Gasteiger partial charge on any atom is -0.467 e. The number of methoxy groups -OCH3 is 1. The Morgan fingerprint density at radius 2 is 1.90 bits per heavy atom. The van der Waals surface area contributed by atoms with Gasteiger partial charge in [0, 0.05) is 26.2 Å². The van der Waals surface area contributed by atoms with E-state index < -0.39 is 0 Å². The molecule has 0 saturated heterocycles. The van der Waals surface area contributed by atoms with E-state index in [0.29, 0.717) is 17.9 Å². The van der Waals surface area contributed by atoms with E-state index in [1.54, 1.807) is 14.2 Å². The third kappa shape index (κ3) is 3.93. The van der Waals surface area contributed by atoms with Gasteiger partial charge in [-0.2, -0.15) is 15.0 Å². The first-order valence-electron chi connectivity index (χ1n) is 7.15. The minimum atomic E-state index is 0.316. The van der Waals surface area contributed by atoms with Gasteiger partial charge in [0.25, 0.3) is 0 Å². The zero-order valence-corrected chi connectivity index (χ0v) is 12.5. The summed E-state index contributed by atoms with van der Waals surface area (Å²) in [4.78, 5) is 14.9. The van der Waals surface area contributed by atoms with E-state index in [9.17, 15) is 0 Å². The molecule has 1 aliphatic rings. The highest BCUT2D eigenvalue weighted by molar-refractivity contribution is 5.35. The van der Waals surface area contributed by atoms with Crippen molar-refractivity contribution < 1.29 is 4.74 Å². The quantitative estimate of drug-likeness (QED) is 0.777. The number of hydrogen-bond acceptors (Lipinski definition) is 7. The Morgan fingerprint density at radius 3 is 2.55 bits per heavy atom. The number of hydrogen-bond donors (Lipinski definition) is 2. The molecule has 2 rings (SSSR count). The maximum atomic E-state index is 5.05. The monoisotopic (exact) mass is 280 g/mol. The molecule has 20 heavy (non-hydrogen) atoms. The average Bonchev–Trinajstić information content (AvgIpc) is 3.01. The molecule has 7 nitrogen and oxygen atoms in total. The highest BCUT2D eigenvalue weighted by Crippen LogP contribution is 2.21. The van der Waals surface area contributed by atoms with Gasteiger partial charge in [0.05, 0.1) is 7.11 Å². The Morgan fingerprint density at radius 1 is 1.20 bits per heavy atom. The summed E-state index contributed by atoms with van der Waals surface area (Å²) in [6, 6.07) is 1.05. The van der Waals surface area contributed by atoms with Gasteiger partial charge in [0.15, 0.2) is 0 Å². The van der Waals surface area contributed by atoms with Crippen molar-refractivity contribution in [3.63, 3.8) is 0 Å². The zero-order chi connectivity index (χ0) is 14.4. The fourth-order valence-corrected chi connectivity index (χ4v) is 2.51. The maximum absolute atomic E-state index is 5.05. The number of aromatic nitrogens is 3. The second kappa shape index (κ2) is 7.23. The van der Waals surface area contributed by atoms with Gasteiger partial charge in [0.1, 0.15) is 0 Å². The summed E-state index contributed by atoms with van der Waals surface area (Å²) in [6.07, 6.45) is 5.36. The molecule has 0 spiro atoms. The molecule has 0 amide bonds. The average molecular weight is 280 g/mol. The molecular formula is C13H24N6O. The Bertz CT molecular complexity index is 399. The first-order chi connectivity index (χ1) is 9.72. The van der Waals surface area contributed by atoms with Crippen LogP contribution in [0.15, 0.2) is 0 Å². The van der Waals surface area contributed by atoms with Crippen molar-refractivity contribution in [2.75, 3.05) is 44.9 Å². The fourth-order valence-electron chi connectivity index (χ4n) is 2.51. The molecule has 0 bridgehead atoms. The van der Waals surface area contributed by atoms with Gasteiger partial charge in [-0.25, -0.2) is 0 Å². The molecule has 2 N–H and O–H groups in total. The molecule has 1 aromatic heterocycles. The topological polar surface area (TPSA) is 75.2 Å². The van der Waals surface area contributed by atoms with Crippen LogP contribution in [0.2, 0.25) is 0 Å². The first-order valence-corrected chi connectivity index (χ1v) is 7.15. The summed E-state index contributed by atoms with van der Waals surface area (Å²) >= 11 is 0. The SMILES string of the molecule is CNc1nc(NCCN(C)C2CCCC2)nc(OC)n1. The smallest absolute Gasteiger partial charge is 0.322 e. The summed E-state index contributed by atoms with van der Waals surface area (Å²) < 4.78 is 5.05. The lowest BCUT2D eigenvalue weighted by Crippen LogP contribution is -2.33. The molecular weight excluding hydrogens is 256 g/mol. The summed E-state index contributed by atoms with van der Waals surface area (Å²) in [5.41, 5.74) is 0. The molecule has 1 saturated carbocycles. The second-order valence-electron chi connectivity index (χ2n) is 5.06. The summed E-state index contributed by atoms with van der Waals surface area (Å²) in [5, 5.41) is 6.12. The first kappa shape index (κ1) is 14.8. The normalized spacial score (nSPS) is 15.6. The molecule has 1 aromatic rings. The van der Waals surface area contributed by atoms with Crippen molar-refractivity contribution in [1.82, 2.24) is 19.9 Å². The van der Waals surface area contributed by atoms with Crippen LogP contribution in [-0.2, 0) is 0 Å². The highest BCUT2D eigenvalue weighted by atomic mass is 16.5. The second-order valence-corrected chi connectivity index (χ2v) is 5.06. The Labute approximate surface area is 120 Å². The molecule has 1 aliphatic carbocycles. The lowest BCUT2D eigenvalue weighted by atomic mass is 10.2. The van der Waals surface area contributed by atoms with Gasteiger partial charge in [0.2, 0.25) is 11.9 Å². The molecule has 7 heteroatoms. The zero-order valence-electron chi connectivity index (χ0n) is 12.5. The lowest BCUT2D eigenvalue weighted by Gasteiger charge is -2.23. The van der Waals surface area contributed by atoms with E-state index in [1.807, 2.05) is 0 Å². The largest absolute Gasteiger partial charge is 0.467 e. The summed E-state index contributed by atoms with van der Waals surface area (Å²) in [5.74, 6) is 1.05. The molecule has 112 valence electrons. The molecule has 0 atom stereocenters. The van der Waals surface area contributed by atoms with Crippen LogP contribution in [-0.4, -0.2) is 60.2 Å². The van der Waals surface area contributed by atoms with Crippen molar-refractivity contribution in [3.8, 4) is 6.01 Å². The number of nitrogens with one attached hydrogen (secondary N) is 2. The lowest BCUT2D eigenvalue weighted by molar-refractivity contribution is 0.254. The molecule has 1 heterocycles. The number of ether oxygens (including phenoxy) is 1. The van der Waals surface area contributed by atoms with Gasteiger partial charge >= 0.3 is 6.01 Å². The van der Waals surface area contributed by atoms with E-state index >= 15 is 0 Å².